The molecular formula is C20H18N2O5S. The molecule has 0 unspecified atom stereocenters. The number of carbonyl (C=O) groups is 2. The summed E-state index contributed by atoms with van der Waals surface area (Å²) in [6, 6.07) is 14.2. The monoisotopic (exact) mass is 398 g/mol. The summed E-state index contributed by atoms with van der Waals surface area (Å²) in [6.07, 6.45) is 3.04. The Morgan fingerprint density at radius 2 is 1.71 bits per heavy atom. The van der Waals surface area contributed by atoms with Crippen molar-refractivity contribution in [2.24, 2.45) is 0 Å². The molecule has 2 N–H and O–H groups in total. The Hall–Kier alpha value is -3.28. The molecule has 0 bridgehead atoms. The van der Waals surface area contributed by atoms with Gasteiger partial charge in [-0.2, -0.15) is 5.26 Å². The van der Waals surface area contributed by atoms with Crippen molar-refractivity contribution >= 4 is 27.9 Å². The molecule has 144 valence electrons. The lowest BCUT2D eigenvalue weighted by molar-refractivity contribution is -0.137. The van der Waals surface area contributed by atoms with E-state index in [4.69, 9.17) is 10.4 Å². The Balaban J connectivity index is 2.00. The van der Waals surface area contributed by atoms with E-state index in [0.717, 1.165) is 5.56 Å². The molecule has 0 saturated carbocycles. The molecule has 0 spiro atoms. The number of ketones is 1. The van der Waals surface area contributed by atoms with Crippen LogP contribution in [0.4, 0.5) is 0 Å². The molecule has 0 saturated heterocycles. The number of benzene rings is 2. The second-order valence-electron chi connectivity index (χ2n) is 5.85. The summed E-state index contributed by atoms with van der Waals surface area (Å²) in [5.74, 6) is -1.28. The fraction of sp³-hybridized carbons (Fsp3) is 0.150. The van der Waals surface area contributed by atoms with E-state index < -0.39 is 16.0 Å². The zero-order valence-electron chi connectivity index (χ0n) is 14.8. The van der Waals surface area contributed by atoms with Crippen molar-refractivity contribution in [3.63, 3.8) is 0 Å². The third kappa shape index (κ3) is 6.16. The van der Waals surface area contributed by atoms with Crippen molar-refractivity contribution in [3.8, 4) is 6.07 Å². The van der Waals surface area contributed by atoms with E-state index in [-0.39, 0.29) is 30.1 Å². The number of carbonyl (C=O) groups excluding carboxylic acids is 1. The quantitative estimate of drug-likeness (QED) is 0.380. The zero-order valence-corrected chi connectivity index (χ0v) is 15.6. The number of sulfonamides is 1. The van der Waals surface area contributed by atoms with Gasteiger partial charge in [-0.3, -0.25) is 9.59 Å². The van der Waals surface area contributed by atoms with Gasteiger partial charge in [0, 0.05) is 18.5 Å². The van der Waals surface area contributed by atoms with Crippen LogP contribution in [0, 0.1) is 11.3 Å². The number of allylic oxidation sites excluding steroid dienone is 1. The van der Waals surface area contributed by atoms with Gasteiger partial charge in [-0.15, -0.1) is 0 Å². The molecule has 2 rings (SSSR count). The summed E-state index contributed by atoms with van der Waals surface area (Å²) in [7, 11) is -3.76. The van der Waals surface area contributed by atoms with Crippen LogP contribution in [0.25, 0.3) is 6.08 Å². The van der Waals surface area contributed by atoms with Crippen LogP contribution in [0.1, 0.15) is 34.3 Å². The number of nitriles is 1. The number of aliphatic carboxylic acids is 1. The highest BCUT2D eigenvalue weighted by Gasteiger charge is 2.14. The minimum atomic E-state index is -3.76. The lowest BCUT2D eigenvalue weighted by atomic mass is 10.1. The minimum absolute atomic E-state index is 0.00422. The first-order valence-electron chi connectivity index (χ1n) is 8.36. The lowest BCUT2D eigenvalue weighted by Crippen LogP contribution is -2.25. The molecule has 0 aliphatic heterocycles. The fourth-order valence-corrected chi connectivity index (χ4v) is 3.34. The number of carboxylic acid groups (broad SMARTS) is 1. The average Bonchev–Trinajstić information content (AvgIpc) is 2.70. The van der Waals surface area contributed by atoms with Crippen molar-refractivity contribution in [3.05, 3.63) is 71.3 Å². The average molecular weight is 398 g/mol. The molecule has 0 amide bonds. The Bertz CT molecular complexity index is 1020. The number of nitrogens with zero attached hydrogens (tertiary/aromatic N) is 1. The number of nitrogens with one attached hydrogen (secondary N) is 1. The predicted octanol–water partition coefficient (Wildman–Crippen LogP) is 2.60. The molecule has 0 aliphatic carbocycles. The molecule has 0 heterocycles. The first kappa shape index (κ1) is 21.0. The first-order chi connectivity index (χ1) is 13.3. The maximum atomic E-state index is 12.2. The number of hydrogen-bond acceptors (Lipinski definition) is 5. The molecular weight excluding hydrogens is 380 g/mol. The molecule has 0 fully saturated rings. The number of carboxylic acids is 1. The van der Waals surface area contributed by atoms with Gasteiger partial charge in [-0.05, 0) is 54.5 Å². The smallest absolute Gasteiger partial charge is 0.303 e. The van der Waals surface area contributed by atoms with Gasteiger partial charge in [0.25, 0.3) is 0 Å². The molecule has 0 aliphatic rings. The number of rotatable bonds is 9. The molecule has 0 aromatic heterocycles. The van der Waals surface area contributed by atoms with Crippen molar-refractivity contribution in [1.29, 1.82) is 5.26 Å². The summed E-state index contributed by atoms with van der Waals surface area (Å²) >= 11 is 0. The molecule has 2 aromatic carbocycles. The second-order valence-corrected chi connectivity index (χ2v) is 7.62. The Labute approximate surface area is 163 Å². The third-order valence-corrected chi connectivity index (χ3v) is 5.25. The molecule has 7 nitrogen and oxygen atoms in total. The van der Waals surface area contributed by atoms with Gasteiger partial charge in [-0.25, -0.2) is 13.1 Å². The standard InChI is InChI=1S/C20H18N2O5S/c21-14-16-5-3-15(4-6-16)7-12-19(23)17-8-10-18(11-9-17)28(26,27)22-13-1-2-20(24)25/h3-12,22H,1-2,13H2,(H,24,25)/b12-7+. The summed E-state index contributed by atoms with van der Waals surface area (Å²) in [4.78, 5) is 22.7. The lowest BCUT2D eigenvalue weighted by Gasteiger charge is -2.06. The van der Waals surface area contributed by atoms with Gasteiger partial charge in [-0.1, -0.05) is 18.2 Å². The highest BCUT2D eigenvalue weighted by molar-refractivity contribution is 7.89. The van der Waals surface area contributed by atoms with Crippen molar-refractivity contribution in [2.75, 3.05) is 6.54 Å². The summed E-state index contributed by atoms with van der Waals surface area (Å²) in [6.45, 7) is 0.0165. The Kier molecular flexibility index (Phi) is 7.21. The fourth-order valence-electron chi connectivity index (χ4n) is 2.26. The summed E-state index contributed by atoms with van der Waals surface area (Å²) in [5.41, 5.74) is 1.61. The maximum absolute atomic E-state index is 12.2. The molecule has 2 aromatic rings. The Morgan fingerprint density at radius 1 is 1.07 bits per heavy atom. The maximum Gasteiger partial charge on any atom is 0.303 e. The second kappa shape index (κ2) is 9.60. The van der Waals surface area contributed by atoms with Crippen LogP contribution in [-0.2, 0) is 14.8 Å². The predicted molar refractivity (Wildman–Crippen MR) is 103 cm³/mol. The highest BCUT2D eigenvalue weighted by Crippen LogP contribution is 2.13. The SMILES string of the molecule is N#Cc1ccc(/C=C/C(=O)c2ccc(S(=O)(=O)NCCCC(=O)O)cc2)cc1. The van der Waals surface area contributed by atoms with Crippen LogP contribution in [0.3, 0.4) is 0 Å². The van der Waals surface area contributed by atoms with Crippen LogP contribution in [0.5, 0.6) is 0 Å². The van der Waals surface area contributed by atoms with Crippen molar-refractivity contribution < 1.29 is 23.1 Å². The van der Waals surface area contributed by atoms with Crippen LogP contribution in [0.15, 0.2) is 59.5 Å². The summed E-state index contributed by atoms with van der Waals surface area (Å²) < 4.78 is 26.6. The normalized spacial score (nSPS) is 11.2. The van der Waals surface area contributed by atoms with Crippen molar-refractivity contribution in [1.82, 2.24) is 4.72 Å². The van der Waals surface area contributed by atoms with E-state index in [9.17, 15) is 18.0 Å². The van der Waals surface area contributed by atoms with E-state index in [0.29, 0.717) is 11.1 Å². The topological polar surface area (TPSA) is 124 Å². The van der Waals surface area contributed by atoms with Gasteiger partial charge < -0.3 is 5.11 Å². The van der Waals surface area contributed by atoms with E-state index in [1.807, 2.05) is 6.07 Å². The largest absolute Gasteiger partial charge is 0.481 e. The van der Waals surface area contributed by atoms with Crippen LogP contribution in [0.2, 0.25) is 0 Å². The Morgan fingerprint density at radius 3 is 2.29 bits per heavy atom. The van der Waals surface area contributed by atoms with E-state index in [1.54, 1.807) is 30.3 Å². The van der Waals surface area contributed by atoms with E-state index >= 15 is 0 Å². The molecule has 0 radical (unpaired) electrons. The molecule has 8 heteroatoms. The van der Waals surface area contributed by atoms with Crippen molar-refractivity contribution in [2.45, 2.75) is 17.7 Å². The van der Waals surface area contributed by atoms with Gasteiger partial charge in [0.2, 0.25) is 10.0 Å². The van der Waals surface area contributed by atoms with Gasteiger partial charge in [0.1, 0.15) is 0 Å². The molecule has 28 heavy (non-hydrogen) atoms. The third-order valence-electron chi connectivity index (χ3n) is 3.78. The molecule has 0 atom stereocenters. The van der Waals surface area contributed by atoms with Gasteiger partial charge in [0.05, 0.1) is 16.5 Å². The highest BCUT2D eigenvalue weighted by atomic mass is 32.2. The minimum Gasteiger partial charge on any atom is -0.481 e. The van der Waals surface area contributed by atoms with E-state index in [1.165, 1.54) is 30.3 Å². The number of hydrogen-bond donors (Lipinski definition) is 2. The summed E-state index contributed by atoms with van der Waals surface area (Å²) in [5, 5.41) is 17.3. The van der Waals surface area contributed by atoms with Crippen LogP contribution in [-0.4, -0.2) is 31.8 Å². The van der Waals surface area contributed by atoms with E-state index in [2.05, 4.69) is 4.72 Å². The van der Waals surface area contributed by atoms with Gasteiger partial charge >= 0.3 is 5.97 Å². The van der Waals surface area contributed by atoms with Crippen LogP contribution >= 0.6 is 0 Å². The first-order valence-corrected chi connectivity index (χ1v) is 9.84. The van der Waals surface area contributed by atoms with Crippen LogP contribution < -0.4 is 4.72 Å². The zero-order chi connectivity index (χ0) is 20.6. The van der Waals surface area contributed by atoms with Gasteiger partial charge in [0.15, 0.2) is 5.78 Å².